The molecule has 3 rings (SSSR count). The summed E-state index contributed by atoms with van der Waals surface area (Å²) in [5.74, 6) is 0.615. The average Bonchev–Trinajstić information content (AvgIpc) is 2.63. The maximum absolute atomic E-state index is 12.2. The van der Waals surface area contributed by atoms with Gasteiger partial charge in [0.15, 0.2) is 0 Å². The molecule has 1 aromatic carbocycles. The summed E-state index contributed by atoms with van der Waals surface area (Å²) in [5, 5.41) is 2.94. The van der Waals surface area contributed by atoms with Gasteiger partial charge in [-0.2, -0.15) is 0 Å². The summed E-state index contributed by atoms with van der Waals surface area (Å²) in [4.78, 5) is 18.9. The molecule has 0 saturated carbocycles. The van der Waals surface area contributed by atoms with E-state index in [0.717, 1.165) is 31.1 Å². The quantitative estimate of drug-likeness (QED) is 0.918. The van der Waals surface area contributed by atoms with E-state index in [9.17, 15) is 4.79 Å². The molecule has 1 saturated heterocycles. The topological polar surface area (TPSA) is 45.2 Å². The lowest BCUT2D eigenvalue weighted by Crippen LogP contribution is -2.34. The smallest absolute Gasteiger partial charge is 0.269 e. The second-order valence-corrected chi connectivity index (χ2v) is 6.59. The zero-order chi connectivity index (χ0) is 16.8. The number of aromatic nitrogens is 1. The lowest BCUT2D eigenvalue weighted by molar-refractivity contribution is 0.0949. The molecule has 0 spiro atoms. The molecule has 126 valence electrons. The number of nitrogens with one attached hydrogen (secondary N) is 1. The summed E-state index contributed by atoms with van der Waals surface area (Å²) < 4.78 is 0. The van der Waals surface area contributed by atoms with Crippen molar-refractivity contribution in [1.82, 2.24) is 10.3 Å². The standard InChI is InChI=1S/C20H25N3O/c1-16-6-5-13-23(15-16)18-9-10-19(22-14-18)20(24)21-12-11-17-7-3-2-4-8-17/h2-4,7-10,14,16H,5-6,11-13,15H2,1H3,(H,21,24). The van der Waals surface area contributed by atoms with Gasteiger partial charge < -0.3 is 10.2 Å². The Morgan fingerprint density at radius 2 is 2.08 bits per heavy atom. The van der Waals surface area contributed by atoms with E-state index >= 15 is 0 Å². The van der Waals surface area contributed by atoms with Crippen LogP contribution in [0.3, 0.4) is 0 Å². The van der Waals surface area contributed by atoms with Crippen molar-refractivity contribution in [3.05, 3.63) is 59.9 Å². The highest BCUT2D eigenvalue weighted by Gasteiger charge is 2.17. The number of pyridine rings is 1. The first kappa shape index (κ1) is 16.5. The van der Waals surface area contributed by atoms with Gasteiger partial charge in [-0.15, -0.1) is 0 Å². The molecule has 1 aliphatic heterocycles. The Balaban J connectivity index is 1.52. The molecule has 24 heavy (non-hydrogen) atoms. The van der Waals surface area contributed by atoms with E-state index in [1.807, 2.05) is 36.5 Å². The van der Waals surface area contributed by atoms with Gasteiger partial charge in [-0.1, -0.05) is 37.3 Å². The van der Waals surface area contributed by atoms with Crippen LogP contribution in [0.25, 0.3) is 0 Å². The molecular formula is C20H25N3O. The number of carbonyl (C=O) groups is 1. The molecule has 4 heteroatoms. The molecule has 0 radical (unpaired) electrons. The zero-order valence-corrected chi connectivity index (χ0v) is 14.2. The number of anilines is 1. The van der Waals surface area contributed by atoms with Gasteiger partial charge in [0.2, 0.25) is 0 Å². The molecule has 1 atom stereocenters. The molecule has 1 fully saturated rings. The first-order valence-corrected chi connectivity index (χ1v) is 8.75. The summed E-state index contributed by atoms with van der Waals surface area (Å²) in [7, 11) is 0. The van der Waals surface area contributed by atoms with E-state index in [1.165, 1.54) is 18.4 Å². The molecule has 1 amide bonds. The summed E-state index contributed by atoms with van der Waals surface area (Å²) in [5.41, 5.74) is 2.82. The lowest BCUT2D eigenvalue weighted by Gasteiger charge is -2.32. The molecule has 2 aromatic rings. The highest BCUT2D eigenvalue weighted by Crippen LogP contribution is 2.22. The van der Waals surface area contributed by atoms with Gasteiger partial charge in [0.25, 0.3) is 5.91 Å². The van der Waals surface area contributed by atoms with E-state index in [0.29, 0.717) is 12.2 Å². The van der Waals surface area contributed by atoms with E-state index in [1.54, 1.807) is 0 Å². The Morgan fingerprint density at radius 3 is 2.79 bits per heavy atom. The minimum atomic E-state index is -0.107. The molecular weight excluding hydrogens is 298 g/mol. The van der Waals surface area contributed by atoms with Crippen LogP contribution < -0.4 is 10.2 Å². The molecule has 0 bridgehead atoms. The van der Waals surface area contributed by atoms with Crippen LogP contribution in [0.1, 0.15) is 35.8 Å². The minimum Gasteiger partial charge on any atom is -0.370 e. The first-order chi connectivity index (χ1) is 11.7. The molecule has 1 unspecified atom stereocenters. The third-order valence-corrected chi connectivity index (χ3v) is 4.54. The van der Waals surface area contributed by atoms with Crippen LogP contribution in [0, 0.1) is 5.92 Å². The van der Waals surface area contributed by atoms with Crippen molar-refractivity contribution in [3.8, 4) is 0 Å². The Bertz CT molecular complexity index is 654. The predicted molar refractivity (Wildman–Crippen MR) is 97.3 cm³/mol. The number of rotatable bonds is 5. The van der Waals surface area contributed by atoms with E-state index in [-0.39, 0.29) is 5.91 Å². The zero-order valence-electron chi connectivity index (χ0n) is 14.2. The lowest BCUT2D eigenvalue weighted by atomic mass is 10.00. The average molecular weight is 323 g/mol. The van der Waals surface area contributed by atoms with E-state index < -0.39 is 0 Å². The Hall–Kier alpha value is -2.36. The van der Waals surface area contributed by atoms with Gasteiger partial charge in [-0.25, -0.2) is 4.98 Å². The van der Waals surface area contributed by atoms with E-state index in [2.05, 4.69) is 34.3 Å². The van der Waals surface area contributed by atoms with Gasteiger partial charge in [-0.3, -0.25) is 4.79 Å². The number of piperidine rings is 1. The van der Waals surface area contributed by atoms with Crippen molar-refractivity contribution in [3.63, 3.8) is 0 Å². The second-order valence-electron chi connectivity index (χ2n) is 6.59. The normalized spacial score (nSPS) is 17.5. The number of carbonyl (C=O) groups excluding carboxylic acids is 1. The summed E-state index contributed by atoms with van der Waals surface area (Å²) in [6.07, 6.45) is 5.18. The van der Waals surface area contributed by atoms with Crippen LogP contribution in [0.15, 0.2) is 48.7 Å². The van der Waals surface area contributed by atoms with Crippen LogP contribution in [-0.2, 0) is 6.42 Å². The van der Waals surface area contributed by atoms with Gasteiger partial charge in [-0.05, 0) is 42.9 Å². The number of benzene rings is 1. The Kier molecular flexibility index (Phi) is 5.47. The molecule has 1 aromatic heterocycles. The van der Waals surface area contributed by atoms with Crippen LogP contribution in [0.4, 0.5) is 5.69 Å². The second kappa shape index (κ2) is 7.95. The largest absolute Gasteiger partial charge is 0.370 e. The van der Waals surface area contributed by atoms with Crippen LogP contribution in [0.2, 0.25) is 0 Å². The highest BCUT2D eigenvalue weighted by molar-refractivity contribution is 5.92. The van der Waals surface area contributed by atoms with Crippen molar-refractivity contribution in [2.24, 2.45) is 5.92 Å². The summed E-state index contributed by atoms with van der Waals surface area (Å²) in [6.45, 7) is 5.06. The van der Waals surface area contributed by atoms with Gasteiger partial charge >= 0.3 is 0 Å². The monoisotopic (exact) mass is 323 g/mol. The van der Waals surface area contributed by atoms with Crippen molar-refractivity contribution in [2.45, 2.75) is 26.2 Å². The molecule has 1 aliphatic rings. The minimum absolute atomic E-state index is 0.107. The number of nitrogens with zero attached hydrogens (tertiary/aromatic N) is 2. The molecule has 2 heterocycles. The predicted octanol–water partition coefficient (Wildman–Crippen LogP) is 3.29. The number of hydrogen-bond donors (Lipinski definition) is 1. The SMILES string of the molecule is CC1CCCN(c2ccc(C(=O)NCCc3ccccc3)nc2)C1. The fourth-order valence-corrected chi connectivity index (χ4v) is 3.19. The Labute approximate surface area is 143 Å². The third kappa shape index (κ3) is 4.34. The van der Waals surface area contributed by atoms with Crippen molar-refractivity contribution < 1.29 is 4.79 Å². The van der Waals surface area contributed by atoms with Crippen LogP contribution >= 0.6 is 0 Å². The maximum Gasteiger partial charge on any atom is 0.269 e. The van der Waals surface area contributed by atoms with E-state index in [4.69, 9.17) is 0 Å². The summed E-state index contributed by atoms with van der Waals surface area (Å²) >= 11 is 0. The fraction of sp³-hybridized carbons (Fsp3) is 0.400. The maximum atomic E-state index is 12.2. The number of amides is 1. The molecule has 0 aliphatic carbocycles. The number of hydrogen-bond acceptors (Lipinski definition) is 3. The van der Waals surface area contributed by atoms with Gasteiger partial charge in [0.1, 0.15) is 5.69 Å². The Morgan fingerprint density at radius 1 is 1.25 bits per heavy atom. The molecule has 1 N–H and O–H groups in total. The third-order valence-electron chi connectivity index (χ3n) is 4.54. The first-order valence-electron chi connectivity index (χ1n) is 8.75. The van der Waals surface area contributed by atoms with Crippen molar-refractivity contribution in [1.29, 1.82) is 0 Å². The van der Waals surface area contributed by atoms with Crippen molar-refractivity contribution >= 4 is 11.6 Å². The van der Waals surface area contributed by atoms with Crippen molar-refractivity contribution in [2.75, 3.05) is 24.5 Å². The van der Waals surface area contributed by atoms with Crippen LogP contribution in [0.5, 0.6) is 0 Å². The highest BCUT2D eigenvalue weighted by atomic mass is 16.1. The summed E-state index contributed by atoms with van der Waals surface area (Å²) in [6, 6.07) is 14.0. The molecule has 4 nitrogen and oxygen atoms in total. The fourth-order valence-electron chi connectivity index (χ4n) is 3.19. The van der Waals surface area contributed by atoms with Crippen LogP contribution in [-0.4, -0.2) is 30.5 Å². The van der Waals surface area contributed by atoms with Gasteiger partial charge in [0, 0.05) is 19.6 Å². The van der Waals surface area contributed by atoms with Gasteiger partial charge in [0.05, 0.1) is 11.9 Å².